The van der Waals surface area contributed by atoms with Crippen LogP contribution < -0.4 is 11.1 Å². The highest BCUT2D eigenvalue weighted by Crippen LogP contribution is 2.24. The summed E-state index contributed by atoms with van der Waals surface area (Å²) in [7, 11) is 0. The van der Waals surface area contributed by atoms with Gasteiger partial charge in [-0.25, -0.2) is 0 Å². The second-order valence-electron chi connectivity index (χ2n) is 3.61. The van der Waals surface area contributed by atoms with E-state index in [9.17, 15) is 4.79 Å². The lowest BCUT2D eigenvalue weighted by molar-refractivity contribution is -0.123. The van der Waals surface area contributed by atoms with Crippen molar-refractivity contribution in [1.29, 1.82) is 0 Å². The van der Waals surface area contributed by atoms with Crippen LogP contribution in [-0.2, 0) is 4.79 Å². The molecule has 1 saturated heterocycles. The molecular formula is C10H15N3OS. The molecule has 1 unspecified atom stereocenters. The highest BCUT2D eigenvalue weighted by Gasteiger charge is 2.27. The number of thiophene rings is 1. The van der Waals surface area contributed by atoms with Gasteiger partial charge >= 0.3 is 0 Å². The molecule has 15 heavy (non-hydrogen) atoms. The lowest BCUT2D eigenvalue weighted by Crippen LogP contribution is -2.48. The van der Waals surface area contributed by atoms with E-state index in [0.29, 0.717) is 0 Å². The van der Waals surface area contributed by atoms with E-state index in [1.54, 1.807) is 11.3 Å². The average molecular weight is 225 g/mol. The van der Waals surface area contributed by atoms with E-state index < -0.39 is 0 Å². The molecule has 0 bridgehead atoms. The number of hydrogen-bond acceptors (Lipinski definition) is 4. The fourth-order valence-corrected chi connectivity index (χ4v) is 2.75. The van der Waals surface area contributed by atoms with Crippen LogP contribution in [-0.4, -0.2) is 37.0 Å². The number of primary amides is 1. The number of hydrogen-bond donors (Lipinski definition) is 2. The van der Waals surface area contributed by atoms with Crippen LogP contribution in [0.5, 0.6) is 0 Å². The van der Waals surface area contributed by atoms with Gasteiger partial charge < -0.3 is 11.1 Å². The number of piperazine rings is 1. The molecule has 0 aliphatic carbocycles. The first-order valence-electron chi connectivity index (χ1n) is 5.06. The molecule has 2 rings (SSSR count). The first-order valence-corrected chi connectivity index (χ1v) is 5.94. The number of nitrogens with one attached hydrogen (secondary N) is 1. The molecule has 0 spiro atoms. The molecule has 1 aromatic heterocycles. The first kappa shape index (κ1) is 10.6. The predicted octanol–water partition coefficient (Wildman–Crippen LogP) is 0.180. The smallest absolute Gasteiger partial charge is 0.240 e. The van der Waals surface area contributed by atoms with E-state index in [4.69, 9.17) is 5.73 Å². The van der Waals surface area contributed by atoms with Crippen LogP contribution >= 0.6 is 11.3 Å². The van der Waals surface area contributed by atoms with Gasteiger partial charge in [0.25, 0.3) is 0 Å². The highest BCUT2D eigenvalue weighted by molar-refractivity contribution is 7.10. The summed E-state index contributed by atoms with van der Waals surface area (Å²) in [4.78, 5) is 14.7. The van der Waals surface area contributed by atoms with Gasteiger partial charge in [0.15, 0.2) is 0 Å². The minimum absolute atomic E-state index is 0.243. The number of carbonyl (C=O) groups excluding carboxylic acids is 1. The summed E-state index contributed by atoms with van der Waals surface area (Å²) in [5.74, 6) is -0.251. The van der Waals surface area contributed by atoms with Crippen molar-refractivity contribution in [3.63, 3.8) is 0 Å². The Morgan fingerprint density at radius 2 is 2.27 bits per heavy atom. The SMILES string of the molecule is NC(=O)C(c1cccs1)N1CCNCC1. The summed E-state index contributed by atoms with van der Waals surface area (Å²) in [5.41, 5.74) is 5.46. The van der Waals surface area contributed by atoms with Crippen molar-refractivity contribution in [2.45, 2.75) is 6.04 Å². The van der Waals surface area contributed by atoms with E-state index in [1.807, 2.05) is 17.5 Å². The van der Waals surface area contributed by atoms with Crippen LogP contribution in [0.1, 0.15) is 10.9 Å². The Morgan fingerprint density at radius 3 is 2.80 bits per heavy atom. The topological polar surface area (TPSA) is 58.4 Å². The van der Waals surface area contributed by atoms with E-state index in [-0.39, 0.29) is 11.9 Å². The molecule has 82 valence electrons. The largest absolute Gasteiger partial charge is 0.368 e. The monoisotopic (exact) mass is 225 g/mol. The van der Waals surface area contributed by atoms with Crippen molar-refractivity contribution in [3.05, 3.63) is 22.4 Å². The van der Waals surface area contributed by atoms with Gasteiger partial charge in [0.2, 0.25) is 5.91 Å². The summed E-state index contributed by atoms with van der Waals surface area (Å²) in [6.45, 7) is 3.61. The Balaban J connectivity index is 2.15. The lowest BCUT2D eigenvalue weighted by Gasteiger charge is -2.32. The van der Waals surface area contributed by atoms with Gasteiger partial charge in [-0.15, -0.1) is 11.3 Å². The van der Waals surface area contributed by atoms with Crippen molar-refractivity contribution in [3.8, 4) is 0 Å². The van der Waals surface area contributed by atoms with Gasteiger partial charge in [-0.05, 0) is 11.4 Å². The van der Waals surface area contributed by atoms with Crippen molar-refractivity contribution in [2.24, 2.45) is 5.73 Å². The first-order chi connectivity index (χ1) is 7.29. The van der Waals surface area contributed by atoms with Gasteiger partial charge in [-0.2, -0.15) is 0 Å². The second-order valence-corrected chi connectivity index (χ2v) is 4.59. The number of nitrogens with zero attached hydrogens (tertiary/aromatic N) is 1. The summed E-state index contributed by atoms with van der Waals surface area (Å²) in [6.07, 6.45) is 0. The van der Waals surface area contributed by atoms with Crippen molar-refractivity contribution < 1.29 is 4.79 Å². The maximum atomic E-state index is 11.5. The van der Waals surface area contributed by atoms with Crippen LogP contribution in [0.25, 0.3) is 0 Å². The van der Waals surface area contributed by atoms with Gasteiger partial charge in [0.1, 0.15) is 6.04 Å². The Morgan fingerprint density at radius 1 is 1.53 bits per heavy atom. The maximum Gasteiger partial charge on any atom is 0.240 e. The fraction of sp³-hybridized carbons (Fsp3) is 0.500. The molecule has 5 heteroatoms. The summed E-state index contributed by atoms with van der Waals surface area (Å²) in [5, 5.41) is 5.24. The van der Waals surface area contributed by atoms with Crippen LogP contribution in [0.2, 0.25) is 0 Å². The van der Waals surface area contributed by atoms with Crippen molar-refractivity contribution in [2.75, 3.05) is 26.2 Å². The molecule has 1 fully saturated rings. The minimum Gasteiger partial charge on any atom is -0.368 e. The van der Waals surface area contributed by atoms with Crippen LogP contribution in [0.3, 0.4) is 0 Å². The molecule has 0 saturated carbocycles. The molecule has 1 aliphatic heterocycles. The molecule has 3 N–H and O–H groups in total. The van der Waals surface area contributed by atoms with Gasteiger partial charge in [-0.3, -0.25) is 9.69 Å². The summed E-state index contributed by atoms with van der Waals surface area (Å²) in [6, 6.07) is 3.69. The average Bonchev–Trinajstić information content (AvgIpc) is 2.72. The summed E-state index contributed by atoms with van der Waals surface area (Å²) >= 11 is 1.59. The Hall–Kier alpha value is -0.910. The number of nitrogens with two attached hydrogens (primary N) is 1. The lowest BCUT2D eigenvalue weighted by atomic mass is 10.1. The molecule has 1 atom stereocenters. The zero-order chi connectivity index (χ0) is 10.7. The number of carbonyl (C=O) groups is 1. The number of amides is 1. The fourth-order valence-electron chi connectivity index (χ4n) is 1.89. The van der Waals surface area contributed by atoms with E-state index >= 15 is 0 Å². The second kappa shape index (κ2) is 4.74. The number of rotatable bonds is 3. The van der Waals surface area contributed by atoms with E-state index in [1.165, 1.54) is 0 Å². The third-order valence-corrected chi connectivity index (χ3v) is 3.52. The Kier molecular flexibility index (Phi) is 3.35. The van der Waals surface area contributed by atoms with Gasteiger partial charge in [0.05, 0.1) is 0 Å². The van der Waals surface area contributed by atoms with Crippen LogP contribution in [0, 0.1) is 0 Å². The molecule has 1 amide bonds. The molecular weight excluding hydrogens is 210 g/mol. The molecule has 0 aromatic carbocycles. The van der Waals surface area contributed by atoms with E-state index in [0.717, 1.165) is 31.1 Å². The zero-order valence-electron chi connectivity index (χ0n) is 8.48. The molecule has 2 heterocycles. The van der Waals surface area contributed by atoms with Crippen molar-refractivity contribution in [1.82, 2.24) is 10.2 Å². The maximum absolute atomic E-state index is 11.5. The Labute approximate surface area is 93.1 Å². The van der Waals surface area contributed by atoms with Crippen LogP contribution in [0.4, 0.5) is 0 Å². The normalized spacial score (nSPS) is 20.0. The third kappa shape index (κ3) is 2.37. The molecule has 1 aliphatic rings. The highest BCUT2D eigenvalue weighted by atomic mass is 32.1. The molecule has 1 aromatic rings. The molecule has 4 nitrogen and oxygen atoms in total. The van der Waals surface area contributed by atoms with Gasteiger partial charge in [-0.1, -0.05) is 6.07 Å². The summed E-state index contributed by atoms with van der Waals surface area (Å²) < 4.78 is 0. The predicted molar refractivity (Wildman–Crippen MR) is 60.7 cm³/mol. The quantitative estimate of drug-likeness (QED) is 0.771. The van der Waals surface area contributed by atoms with E-state index in [2.05, 4.69) is 10.2 Å². The zero-order valence-corrected chi connectivity index (χ0v) is 9.30. The van der Waals surface area contributed by atoms with Crippen LogP contribution in [0.15, 0.2) is 17.5 Å². The third-order valence-electron chi connectivity index (χ3n) is 2.60. The Bertz CT molecular complexity index is 319. The minimum atomic E-state index is -0.251. The molecule has 0 radical (unpaired) electrons. The van der Waals surface area contributed by atoms with Crippen molar-refractivity contribution >= 4 is 17.2 Å². The standard InChI is InChI=1S/C10H15N3OS/c11-10(14)9(8-2-1-7-15-8)13-5-3-12-4-6-13/h1-2,7,9,12H,3-6H2,(H2,11,14). The van der Waals surface area contributed by atoms with Gasteiger partial charge in [0, 0.05) is 31.1 Å².